The number of nitrogens with two attached hydrogens (primary N) is 1. The molecule has 0 aromatic rings. The van der Waals surface area contributed by atoms with Gasteiger partial charge in [-0.2, -0.15) is 0 Å². The Labute approximate surface area is 106 Å². The largest absolute Gasteiger partial charge is 0.329 e. The molecule has 0 aliphatic carbocycles. The van der Waals surface area contributed by atoms with Crippen LogP contribution in [0.1, 0.15) is 53.4 Å². The fraction of sp³-hybridized carbons (Fsp3) is 1.00. The number of hydrogen-bond donors (Lipinski definition) is 2. The molecule has 4 nitrogen and oxygen atoms in total. The lowest BCUT2D eigenvalue weighted by atomic mass is 9.87. The molecule has 0 saturated carbocycles. The van der Waals surface area contributed by atoms with Crippen LogP contribution >= 0.6 is 0 Å². The summed E-state index contributed by atoms with van der Waals surface area (Å²) in [4.78, 5) is 0. The van der Waals surface area contributed by atoms with Gasteiger partial charge >= 0.3 is 0 Å². The molecular weight excluding hydrogens is 236 g/mol. The maximum absolute atomic E-state index is 11.7. The molecule has 104 valence electrons. The van der Waals surface area contributed by atoms with E-state index in [9.17, 15) is 8.42 Å². The monoisotopic (exact) mass is 264 g/mol. The highest BCUT2D eigenvalue weighted by Crippen LogP contribution is 2.23. The quantitative estimate of drug-likeness (QED) is 0.624. The number of hydrogen-bond acceptors (Lipinski definition) is 3. The number of unbranched alkanes of at least 4 members (excludes halogenated alkanes) is 2. The Bertz CT molecular complexity index is 300. The Balaban J connectivity index is 4.17. The van der Waals surface area contributed by atoms with Crippen molar-refractivity contribution >= 4 is 10.0 Å². The fourth-order valence-electron chi connectivity index (χ4n) is 1.51. The molecule has 3 N–H and O–H groups in total. The molecule has 0 aliphatic heterocycles. The van der Waals surface area contributed by atoms with Crippen LogP contribution in [0, 0.1) is 5.41 Å². The highest BCUT2D eigenvalue weighted by molar-refractivity contribution is 7.90. The van der Waals surface area contributed by atoms with Crippen molar-refractivity contribution in [2.45, 2.75) is 58.6 Å². The molecule has 0 spiro atoms. The highest BCUT2D eigenvalue weighted by Gasteiger charge is 2.24. The van der Waals surface area contributed by atoms with E-state index >= 15 is 0 Å². The van der Waals surface area contributed by atoms with Crippen molar-refractivity contribution in [1.82, 2.24) is 4.72 Å². The van der Waals surface area contributed by atoms with Gasteiger partial charge in [0.25, 0.3) is 0 Å². The third-order valence-corrected chi connectivity index (χ3v) is 4.87. The van der Waals surface area contributed by atoms with Gasteiger partial charge in [0.1, 0.15) is 0 Å². The van der Waals surface area contributed by atoms with E-state index in [-0.39, 0.29) is 12.0 Å². The maximum atomic E-state index is 11.7. The minimum atomic E-state index is -3.25. The molecule has 0 rings (SSSR count). The standard InChI is InChI=1S/C12H28N2O2S/c1-5-6-7-8-12(3,4)10-14-17(15,16)11(2)9-13/h11,14H,5-10,13H2,1-4H3. The van der Waals surface area contributed by atoms with Gasteiger partial charge in [0.2, 0.25) is 10.0 Å². The Morgan fingerprint density at radius 2 is 1.88 bits per heavy atom. The summed E-state index contributed by atoms with van der Waals surface area (Å²) in [5.74, 6) is 0. The second-order valence-electron chi connectivity index (χ2n) is 5.53. The van der Waals surface area contributed by atoms with Crippen LogP contribution in [0.4, 0.5) is 0 Å². The van der Waals surface area contributed by atoms with Gasteiger partial charge in [0, 0.05) is 13.1 Å². The van der Waals surface area contributed by atoms with Crippen molar-refractivity contribution in [2.24, 2.45) is 11.1 Å². The third kappa shape index (κ3) is 7.01. The Morgan fingerprint density at radius 1 is 1.29 bits per heavy atom. The molecule has 0 aromatic heterocycles. The van der Waals surface area contributed by atoms with Crippen molar-refractivity contribution in [3.63, 3.8) is 0 Å². The van der Waals surface area contributed by atoms with E-state index in [2.05, 4.69) is 25.5 Å². The average Bonchev–Trinajstić information content (AvgIpc) is 2.26. The third-order valence-electron chi connectivity index (χ3n) is 3.07. The summed E-state index contributed by atoms with van der Waals surface area (Å²) in [5, 5.41) is -0.519. The molecule has 0 bridgehead atoms. The number of nitrogens with one attached hydrogen (secondary N) is 1. The van der Waals surface area contributed by atoms with Crippen LogP contribution < -0.4 is 10.5 Å². The van der Waals surface area contributed by atoms with Crippen LogP contribution in [0.5, 0.6) is 0 Å². The second-order valence-corrected chi connectivity index (χ2v) is 7.72. The van der Waals surface area contributed by atoms with Crippen LogP contribution in [0.3, 0.4) is 0 Å². The van der Waals surface area contributed by atoms with E-state index in [1.165, 1.54) is 12.8 Å². The molecule has 1 unspecified atom stereocenters. The lowest BCUT2D eigenvalue weighted by molar-refractivity contribution is 0.320. The molecule has 0 saturated heterocycles. The predicted octanol–water partition coefficient (Wildman–Crippen LogP) is 1.86. The molecule has 17 heavy (non-hydrogen) atoms. The van der Waals surface area contributed by atoms with Gasteiger partial charge in [-0.15, -0.1) is 0 Å². The van der Waals surface area contributed by atoms with Gasteiger partial charge < -0.3 is 5.73 Å². The van der Waals surface area contributed by atoms with Crippen molar-refractivity contribution in [1.29, 1.82) is 0 Å². The molecule has 0 aliphatic rings. The Hall–Kier alpha value is -0.130. The van der Waals surface area contributed by atoms with Gasteiger partial charge in [0.15, 0.2) is 0 Å². The molecule has 5 heteroatoms. The summed E-state index contributed by atoms with van der Waals surface area (Å²) < 4.78 is 26.2. The van der Waals surface area contributed by atoms with Crippen molar-refractivity contribution in [2.75, 3.05) is 13.1 Å². The minimum absolute atomic E-state index is 0.0105. The summed E-state index contributed by atoms with van der Waals surface area (Å²) >= 11 is 0. The lowest BCUT2D eigenvalue weighted by Gasteiger charge is -2.25. The minimum Gasteiger partial charge on any atom is -0.329 e. The fourth-order valence-corrected chi connectivity index (χ4v) is 2.64. The van der Waals surface area contributed by atoms with E-state index in [1.807, 2.05) is 0 Å². The van der Waals surface area contributed by atoms with Gasteiger partial charge in [-0.3, -0.25) is 0 Å². The summed E-state index contributed by atoms with van der Waals surface area (Å²) in [7, 11) is -3.25. The first-order chi connectivity index (χ1) is 7.75. The predicted molar refractivity (Wildman–Crippen MR) is 73.4 cm³/mol. The van der Waals surface area contributed by atoms with Gasteiger partial charge in [-0.25, -0.2) is 13.1 Å². The maximum Gasteiger partial charge on any atom is 0.215 e. The summed E-state index contributed by atoms with van der Waals surface area (Å²) in [5.41, 5.74) is 5.39. The normalized spacial score (nSPS) is 14.9. The lowest BCUT2D eigenvalue weighted by Crippen LogP contribution is -2.41. The molecule has 0 aromatic carbocycles. The zero-order valence-electron chi connectivity index (χ0n) is 11.6. The van der Waals surface area contributed by atoms with Crippen LogP contribution in [-0.4, -0.2) is 26.8 Å². The van der Waals surface area contributed by atoms with Crippen molar-refractivity contribution in [3.05, 3.63) is 0 Å². The first-order valence-corrected chi connectivity index (χ1v) is 7.98. The van der Waals surface area contributed by atoms with Gasteiger partial charge in [0.05, 0.1) is 5.25 Å². The van der Waals surface area contributed by atoms with Crippen LogP contribution in [0.2, 0.25) is 0 Å². The molecule has 0 fully saturated rings. The van der Waals surface area contributed by atoms with Crippen molar-refractivity contribution < 1.29 is 8.42 Å². The van der Waals surface area contributed by atoms with Crippen LogP contribution in [-0.2, 0) is 10.0 Å². The first kappa shape index (κ1) is 16.9. The van der Waals surface area contributed by atoms with Gasteiger partial charge in [-0.1, -0.05) is 40.0 Å². The average molecular weight is 264 g/mol. The zero-order chi connectivity index (χ0) is 13.5. The number of rotatable bonds is 9. The van der Waals surface area contributed by atoms with E-state index in [0.717, 1.165) is 12.8 Å². The zero-order valence-corrected chi connectivity index (χ0v) is 12.4. The Morgan fingerprint density at radius 3 is 2.35 bits per heavy atom. The van der Waals surface area contributed by atoms with Gasteiger partial charge in [-0.05, 0) is 18.8 Å². The smallest absolute Gasteiger partial charge is 0.215 e. The topological polar surface area (TPSA) is 72.2 Å². The van der Waals surface area contributed by atoms with E-state index < -0.39 is 15.3 Å². The SMILES string of the molecule is CCCCCC(C)(C)CNS(=O)(=O)C(C)CN. The highest BCUT2D eigenvalue weighted by atomic mass is 32.2. The van der Waals surface area contributed by atoms with Crippen molar-refractivity contribution in [3.8, 4) is 0 Å². The summed E-state index contributed by atoms with van der Waals surface area (Å²) in [6.45, 7) is 8.64. The Kier molecular flexibility index (Phi) is 7.28. The van der Waals surface area contributed by atoms with Crippen LogP contribution in [0.25, 0.3) is 0 Å². The first-order valence-electron chi connectivity index (χ1n) is 6.43. The number of sulfonamides is 1. The molecule has 0 amide bonds. The van der Waals surface area contributed by atoms with E-state index in [1.54, 1.807) is 6.92 Å². The molecular formula is C12H28N2O2S. The van der Waals surface area contributed by atoms with Crippen LogP contribution in [0.15, 0.2) is 0 Å². The van der Waals surface area contributed by atoms with E-state index in [4.69, 9.17) is 5.73 Å². The molecule has 0 heterocycles. The summed E-state index contributed by atoms with van der Waals surface area (Å²) in [6, 6.07) is 0. The summed E-state index contributed by atoms with van der Waals surface area (Å²) in [6.07, 6.45) is 4.58. The molecule has 0 radical (unpaired) electrons. The second kappa shape index (κ2) is 7.34. The molecule has 1 atom stereocenters. The van der Waals surface area contributed by atoms with E-state index in [0.29, 0.717) is 6.54 Å².